The molecular formula is C51H38OSi2. The third kappa shape index (κ3) is 4.03. The second kappa shape index (κ2) is 11.7. The van der Waals surface area contributed by atoms with Crippen LogP contribution in [0.25, 0.3) is 33.4 Å². The molecule has 0 amide bonds. The van der Waals surface area contributed by atoms with Crippen molar-refractivity contribution in [1.82, 2.24) is 0 Å². The van der Waals surface area contributed by atoms with Gasteiger partial charge in [0.05, 0.1) is 7.11 Å². The van der Waals surface area contributed by atoms with Crippen molar-refractivity contribution >= 4 is 57.6 Å². The molecule has 1 nitrogen and oxygen atoms in total. The molecule has 0 atom stereocenters. The Labute approximate surface area is 319 Å². The van der Waals surface area contributed by atoms with Gasteiger partial charge in [0.2, 0.25) is 0 Å². The number of fused-ring (bicyclic) bond motifs is 9. The standard InChI is InChI=1S/C51H38OSi2/c1-34-29-37(53(35-17-5-3-6-18-35)48-25-13-9-21-39(48)40-22-10-14-26-49(40)53)30-44-43(34)33-46-45(44)31-38(32-47(46)52-2)54(36-19-7-4-8-20-36)50-27-15-11-23-41(50)42-24-12-16-28-51(42)54/h3-32H,33H2,1-2H3. The van der Waals surface area contributed by atoms with Crippen molar-refractivity contribution in [3.8, 4) is 39.1 Å². The molecule has 0 fully saturated rings. The first-order valence-electron chi connectivity index (χ1n) is 19.0. The minimum absolute atomic E-state index is 0.875. The van der Waals surface area contributed by atoms with Crippen LogP contribution in [0.4, 0.5) is 0 Å². The molecule has 0 N–H and O–H groups in total. The SMILES string of the molecule is COc1cc([Si]2(c3ccccc3)c3ccccc3-c3ccccc32)cc2c1Cc1c(C)cc([Si]3(c4ccccc4)c4ccccc4-c4ccccc43)cc1-2. The normalized spacial score (nSPS) is 14.7. The van der Waals surface area contributed by atoms with Crippen molar-refractivity contribution < 1.29 is 4.74 Å². The van der Waals surface area contributed by atoms with Gasteiger partial charge >= 0.3 is 0 Å². The van der Waals surface area contributed by atoms with E-state index >= 15 is 0 Å². The molecule has 0 aromatic heterocycles. The van der Waals surface area contributed by atoms with Crippen LogP contribution in [0.3, 0.4) is 0 Å². The summed E-state index contributed by atoms with van der Waals surface area (Å²) in [6.07, 6.45) is 0.875. The zero-order valence-corrected chi connectivity index (χ0v) is 32.4. The van der Waals surface area contributed by atoms with Gasteiger partial charge in [0.25, 0.3) is 0 Å². The number of aryl methyl sites for hydroxylation is 1. The lowest BCUT2D eigenvalue weighted by atomic mass is 10.0. The Hall–Kier alpha value is -6.01. The third-order valence-electron chi connectivity index (χ3n) is 12.7. The second-order valence-electron chi connectivity index (χ2n) is 15.1. The first-order valence-corrected chi connectivity index (χ1v) is 23.0. The fourth-order valence-corrected chi connectivity index (χ4v) is 21.1. The number of hydrogen-bond donors (Lipinski definition) is 0. The minimum atomic E-state index is -2.72. The van der Waals surface area contributed by atoms with E-state index in [0.29, 0.717) is 0 Å². The van der Waals surface area contributed by atoms with Crippen LogP contribution < -0.4 is 46.2 Å². The van der Waals surface area contributed by atoms with E-state index in [0.717, 1.165) is 12.2 Å². The molecule has 8 aromatic carbocycles. The van der Waals surface area contributed by atoms with E-state index in [1.54, 1.807) is 0 Å². The maximum atomic E-state index is 6.43. The smallest absolute Gasteiger partial charge is 0.181 e. The van der Waals surface area contributed by atoms with Crippen LogP contribution in [0, 0.1) is 6.92 Å². The summed E-state index contributed by atoms with van der Waals surface area (Å²) in [4.78, 5) is 0. The van der Waals surface area contributed by atoms with E-state index in [1.807, 2.05) is 7.11 Å². The Balaban J connectivity index is 1.22. The molecule has 0 spiro atoms. The molecule has 0 unspecified atom stereocenters. The molecule has 54 heavy (non-hydrogen) atoms. The predicted octanol–water partition coefficient (Wildman–Crippen LogP) is 6.29. The lowest BCUT2D eigenvalue weighted by Gasteiger charge is -2.33. The van der Waals surface area contributed by atoms with Crippen LogP contribution in [0.1, 0.15) is 16.7 Å². The third-order valence-corrected chi connectivity index (χ3v) is 22.4. The Morgan fingerprint density at radius 1 is 0.370 bits per heavy atom. The molecule has 1 aliphatic carbocycles. The number of methoxy groups -OCH3 is 1. The van der Waals surface area contributed by atoms with Crippen molar-refractivity contribution in [2.24, 2.45) is 0 Å². The van der Waals surface area contributed by atoms with Gasteiger partial charge in [-0.3, -0.25) is 0 Å². The quantitative estimate of drug-likeness (QED) is 0.190. The Kier molecular flexibility index (Phi) is 6.86. The summed E-state index contributed by atoms with van der Waals surface area (Å²) >= 11 is 0. The van der Waals surface area contributed by atoms with Crippen molar-refractivity contribution in [2.75, 3.05) is 7.11 Å². The van der Waals surface area contributed by atoms with Crippen LogP contribution in [0.2, 0.25) is 0 Å². The largest absolute Gasteiger partial charge is 0.496 e. The maximum absolute atomic E-state index is 6.43. The molecule has 2 aliphatic heterocycles. The highest BCUT2D eigenvalue weighted by atomic mass is 28.3. The van der Waals surface area contributed by atoms with Gasteiger partial charge in [-0.15, -0.1) is 0 Å². The van der Waals surface area contributed by atoms with Gasteiger partial charge in [0, 0.05) is 12.0 Å². The van der Waals surface area contributed by atoms with Gasteiger partial charge in [-0.1, -0.05) is 176 Å². The van der Waals surface area contributed by atoms with Gasteiger partial charge in [-0.05, 0) is 99.0 Å². The van der Waals surface area contributed by atoms with Gasteiger partial charge in [0.1, 0.15) is 5.75 Å². The van der Waals surface area contributed by atoms with E-state index in [1.165, 1.54) is 91.6 Å². The number of rotatable bonds is 5. The molecule has 0 saturated heterocycles. The van der Waals surface area contributed by atoms with E-state index in [9.17, 15) is 0 Å². The molecule has 0 bridgehead atoms. The summed E-state index contributed by atoms with van der Waals surface area (Å²) in [6, 6.07) is 69.5. The van der Waals surface area contributed by atoms with E-state index in [-0.39, 0.29) is 0 Å². The van der Waals surface area contributed by atoms with E-state index < -0.39 is 16.1 Å². The average molecular weight is 723 g/mol. The van der Waals surface area contributed by atoms with Crippen LogP contribution >= 0.6 is 0 Å². The number of ether oxygens (including phenoxy) is 1. The lowest BCUT2D eigenvalue weighted by molar-refractivity contribution is 0.411. The summed E-state index contributed by atoms with van der Waals surface area (Å²) in [5.41, 5.74) is 12.2. The molecule has 3 heteroatoms. The molecule has 3 aliphatic rings. The van der Waals surface area contributed by atoms with Gasteiger partial charge in [0.15, 0.2) is 16.1 Å². The van der Waals surface area contributed by atoms with Crippen molar-refractivity contribution in [2.45, 2.75) is 13.3 Å². The second-order valence-corrected chi connectivity index (χ2v) is 22.6. The lowest BCUT2D eigenvalue weighted by Crippen LogP contribution is -2.73. The Bertz CT molecular complexity index is 2710. The number of benzene rings is 8. The van der Waals surface area contributed by atoms with Crippen LogP contribution in [-0.4, -0.2) is 23.3 Å². The first-order chi connectivity index (χ1) is 26.7. The van der Waals surface area contributed by atoms with Crippen LogP contribution in [-0.2, 0) is 6.42 Å². The Morgan fingerprint density at radius 2 is 0.741 bits per heavy atom. The van der Waals surface area contributed by atoms with Crippen molar-refractivity contribution in [3.05, 3.63) is 199 Å². The number of hydrogen-bond acceptors (Lipinski definition) is 1. The highest BCUT2D eigenvalue weighted by Gasteiger charge is 2.51. The molecule has 2 heterocycles. The molecule has 256 valence electrons. The zero-order valence-electron chi connectivity index (χ0n) is 30.4. The summed E-state index contributed by atoms with van der Waals surface area (Å²) in [5, 5.41) is 11.5. The fourth-order valence-electron chi connectivity index (χ4n) is 10.6. The van der Waals surface area contributed by atoms with E-state index in [2.05, 4.69) is 189 Å². The monoisotopic (exact) mass is 722 g/mol. The van der Waals surface area contributed by atoms with E-state index in [4.69, 9.17) is 4.74 Å². The fraction of sp³-hybridized carbons (Fsp3) is 0.0588. The van der Waals surface area contributed by atoms with Crippen LogP contribution in [0.5, 0.6) is 5.75 Å². The Morgan fingerprint density at radius 3 is 1.17 bits per heavy atom. The molecule has 0 saturated carbocycles. The highest BCUT2D eigenvalue weighted by Crippen LogP contribution is 2.43. The molecule has 0 radical (unpaired) electrons. The van der Waals surface area contributed by atoms with Crippen molar-refractivity contribution in [3.63, 3.8) is 0 Å². The molecule has 11 rings (SSSR count). The molecule has 8 aromatic rings. The van der Waals surface area contributed by atoms with Gasteiger partial charge in [-0.25, -0.2) is 0 Å². The zero-order chi connectivity index (χ0) is 36.0. The van der Waals surface area contributed by atoms with Gasteiger partial charge in [-0.2, -0.15) is 0 Å². The first kappa shape index (κ1) is 31.5. The van der Waals surface area contributed by atoms with Gasteiger partial charge < -0.3 is 4.74 Å². The molecular weight excluding hydrogens is 685 g/mol. The predicted molar refractivity (Wildman–Crippen MR) is 231 cm³/mol. The average Bonchev–Trinajstić information content (AvgIpc) is 3.87. The highest BCUT2D eigenvalue weighted by molar-refractivity contribution is 7.23. The maximum Gasteiger partial charge on any atom is 0.181 e. The van der Waals surface area contributed by atoms with Crippen molar-refractivity contribution in [1.29, 1.82) is 0 Å². The summed E-state index contributed by atoms with van der Waals surface area (Å²) in [7, 11) is -3.53. The summed E-state index contributed by atoms with van der Waals surface area (Å²) in [5.74, 6) is 0.996. The minimum Gasteiger partial charge on any atom is -0.496 e. The summed E-state index contributed by atoms with van der Waals surface area (Å²) < 4.78 is 6.43. The summed E-state index contributed by atoms with van der Waals surface area (Å²) in [6.45, 7) is 2.34. The van der Waals surface area contributed by atoms with Crippen LogP contribution in [0.15, 0.2) is 182 Å². The topological polar surface area (TPSA) is 9.23 Å².